The molecule has 1 N–H and O–H groups in total. The molecule has 1 saturated carbocycles. The molecule has 0 aliphatic heterocycles. The van der Waals surface area contributed by atoms with E-state index in [-0.39, 0.29) is 6.42 Å². The van der Waals surface area contributed by atoms with Crippen molar-refractivity contribution >= 4 is 10.1 Å². The van der Waals surface area contributed by atoms with Gasteiger partial charge in [-0.25, -0.2) is 8.78 Å². The molecule has 1 fully saturated rings. The molecule has 78 valence electrons. The summed E-state index contributed by atoms with van der Waals surface area (Å²) in [6.07, 6.45) is 0.185. The van der Waals surface area contributed by atoms with Crippen molar-refractivity contribution in [1.82, 2.24) is 0 Å². The fourth-order valence-corrected chi connectivity index (χ4v) is 2.60. The lowest BCUT2D eigenvalue weighted by atomic mass is 9.88. The van der Waals surface area contributed by atoms with Crippen LogP contribution in [0.5, 0.6) is 0 Å². The lowest BCUT2D eigenvalue weighted by Crippen LogP contribution is -2.29. The van der Waals surface area contributed by atoms with Crippen LogP contribution in [0.25, 0.3) is 0 Å². The van der Waals surface area contributed by atoms with E-state index in [4.69, 9.17) is 4.55 Å². The highest BCUT2D eigenvalue weighted by molar-refractivity contribution is 7.85. The van der Waals surface area contributed by atoms with Crippen molar-refractivity contribution in [2.24, 2.45) is 5.92 Å². The second-order valence-corrected chi connectivity index (χ2v) is 5.06. The molecular formula is C7H12F2O3S. The van der Waals surface area contributed by atoms with E-state index in [1.54, 1.807) is 0 Å². The summed E-state index contributed by atoms with van der Waals surface area (Å²) in [6.45, 7) is 0. The summed E-state index contributed by atoms with van der Waals surface area (Å²) in [6, 6.07) is 0. The Labute approximate surface area is 75.9 Å². The third-order valence-electron chi connectivity index (χ3n) is 2.19. The highest BCUT2D eigenvalue weighted by Crippen LogP contribution is 2.36. The topological polar surface area (TPSA) is 54.4 Å². The van der Waals surface area contributed by atoms with E-state index in [0.717, 1.165) is 0 Å². The van der Waals surface area contributed by atoms with Gasteiger partial charge >= 0.3 is 0 Å². The molecule has 0 saturated heterocycles. The zero-order valence-electron chi connectivity index (χ0n) is 7.04. The summed E-state index contributed by atoms with van der Waals surface area (Å²) in [5.74, 6) is -3.89. The predicted octanol–water partition coefficient (Wildman–Crippen LogP) is 1.70. The minimum absolute atomic E-state index is 0.172. The van der Waals surface area contributed by atoms with Crippen LogP contribution in [-0.2, 0) is 10.1 Å². The van der Waals surface area contributed by atoms with Crippen molar-refractivity contribution in [2.75, 3.05) is 5.75 Å². The molecule has 0 heterocycles. The molecule has 1 unspecified atom stereocenters. The number of halogens is 2. The van der Waals surface area contributed by atoms with E-state index in [1.807, 2.05) is 0 Å². The zero-order valence-corrected chi connectivity index (χ0v) is 7.86. The van der Waals surface area contributed by atoms with Gasteiger partial charge in [-0.05, 0) is 18.8 Å². The monoisotopic (exact) mass is 214 g/mol. The summed E-state index contributed by atoms with van der Waals surface area (Å²) in [5.41, 5.74) is 0. The second-order valence-electron chi connectivity index (χ2n) is 3.57. The first kappa shape index (κ1) is 10.8. The van der Waals surface area contributed by atoms with Crippen molar-refractivity contribution in [3.8, 4) is 0 Å². The molecule has 0 aromatic rings. The molecule has 1 aliphatic rings. The van der Waals surface area contributed by atoms with E-state index >= 15 is 0 Å². The van der Waals surface area contributed by atoms with Crippen LogP contribution in [0.15, 0.2) is 0 Å². The van der Waals surface area contributed by atoms with Crippen LogP contribution in [0.3, 0.4) is 0 Å². The lowest BCUT2D eigenvalue weighted by molar-refractivity contribution is -0.0490. The zero-order chi connectivity index (χ0) is 10.1. The first-order valence-electron chi connectivity index (χ1n) is 4.11. The van der Waals surface area contributed by atoms with Gasteiger partial charge in [0.2, 0.25) is 5.92 Å². The second kappa shape index (κ2) is 3.49. The van der Waals surface area contributed by atoms with Crippen LogP contribution < -0.4 is 0 Å². The van der Waals surface area contributed by atoms with Crippen LogP contribution in [0.1, 0.15) is 25.7 Å². The van der Waals surface area contributed by atoms with Gasteiger partial charge in [-0.1, -0.05) is 0 Å². The van der Waals surface area contributed by atoms with Gasteiger partial charge in [0.1, 0.15) is 0 Å². The maximum atomic E-state index is 12.8. The molecule has 13 heavy (non-hydrogen) atoms. The van der Waals surface area contributed by atoms with Crippen molar-refractivity contribution in [3.05, 3.63) is 0 Å². The summed E-state index contributed by atoms with van der Waals surface area (Å²) >= 11 is 0. The van der Waals surface area contributed by atoms with Crippen molar-refractivity contribution < 1.29 is 21.8 Å². The molecule has 0 bridgehead atoms. The lowest BCUT2D eigenvalue weighted by Gasteiger charge is -2.27. The van der Waals surface area contributed by atoms with E-state index in [0.29, 0.717) is 12.8 Å². The van der Waals surface area contributed by atoms with Gasteiger partial charge in [-0.3, -0.25) is 4.55 Å². The molecular weight excluding hydrogens is 202 g/mol. The molecule has 3 nitrogen and oxygen atoms in total. The molecule has 1 rings (SSSR count). The molecule has 0 spiro atoms. The third-order valence-corrected chi connectivity index (χ3v) is 3.08. The van der Waals surface area contributed by atoms with Crippen molar-refractivity contribution in [1.29, 1.82) is 0 Å². The van der Waals surface area contributed by atoms with E-state index in [1.165, 1.54) is 0 Å². The number of hydrogen-bond donors (Lipinski definition) is 1. The van der Waals surface area contributed by atoms with Gasteiger partial charge in [0.05, 0.1) is 5.75 Å². The molecule has 1 atom stereocenters. The van der Waals surface area contributed by atoms with Gasteiger partial charge in [0.15, 0.2) is 0 Å². The van der Waals surface area contributed by atoms with Gasteiger partial charge in [0, 0.05) is 12.8 Å². The summed E-state index contributed by atoms with van der Waals surface area (Å²) < 4.78 is 54.8. The average molecular weight is 214 g/mol. The first-order valence-corrected chi connectivity index (χ1v) is 5.72. The molecule has 0 amide bonds. The van der Waals surface area contributed by atoms with Crippen molar-refractivity contribution in [2.45, 2.75) is 31.6 Å². The standard InChI is InChI=1S/C7H12F2O3S/c8-7(9)3-1-2-6(4-7)5-13(10,11)12/h6H,1-5H2,(H,10,11,12). The Balaban J connectivity index is 2.53. The smallest absolute Gasteiger partial charge is 0.265 e. The maximum absolute atomic E-state index is 12.8. The normalized spacial score (nSPS) is 28.7. The Bertz CT molecular complexity index is 273. The minimum Gasteiger partial charge on any atom is -0.286 e. The van der Waals surface area contributed by atoms with Gasteiger partial charge < -0.3 is 0 Å². The number of rotatable bonds is 2. The molecule has 0 aromatic carbocycles. The maximum Gasteiger partial charge on any atom is 0.265 e. The fraction of sp³-hybridized carbons (Fsp3) is 1.00. The van der Waals surface area contributed by atoms with Crippen LogP contribution in [0.2, 0.25) is 0 Å². The first-order chi connectivity index (χ1) is 5.79. The Kier molecular flexibility index (Phi) is 2.91. The summed E-state index contributed by atoms with van der Waals surface area (Å²) in [5, 5.41) is 0. The summed E-state index contributed by atoms with van der Waals surface area (Å²) in [7, 11) is -4.11. The van der Waals surface area contributed by atoms with Crippen LogP contribution >= 0.6 is 0 Å². The number of hydrogen-bond acceptors (Lipinski definition) is 2. The van der Waals surface area contributed by atoms with Crippen molar-refractivity contribution in [3.63, 3.8) is 0 Å². The van der Waals surface area contributed by atoms with Gasteiger partial charge in [0.25, 0.3) is 10.1 Å². The largest absolute Gasteiger partial charge is 0.286 e. The Morgan fingerprint density at radius 2 is 2.08 bits per heavy atom. The van der Waals surface area contributed by atoms with Crippen LogP contribution in [0.4, 0.5) is 8.78 Å². The average Bonchev–Trinajstić information content (AvgIpc) is 1.79. The quantitative estimate of drug-likeness (QED) is 0.712. The highest BCUT2D eigenvalue weighted by atomic mass is 32.2. The Hall–Kier alpha value is -0.230. The van der Waals surface area contributed by atoms with E-state index in [2.05, 4.69) is 0 Å². The molecule has 6 heteroatoms. The SMILES string of the molecule is O=S(=O)(O)CC1CCCC(F)(F)C1. The third kappa shape index (κ3) is 3.99. The van der Waals surface area contributed by atoms with Gasteiger partial charge in [-0.2, -0.15) is 8.42 Å². The highest BCUT2D eigenvalue weighted by Gasteiger charge is 2.37. The van der Waals surface area contributed by atoms with E-state index < -0.39 is 34.1 Å². The Morgan fingerprint density at radius 1 is 1.46 bits per heavy atom. The summed E-state index contributed by atoms with van der Waals surface area (Å²) in [4.78, 5) is 0. The molecule has 0 aromatic heterocycles. The van der Waals surface area contributed by atoms with Crippen LogP contribution in [-0.4, -0.2) is 24.6 Å². The number of alkyl halides is 2. The molecule has 1 aliphatic carbocycles. The fourth-order valence-electron chi connectivity index (χ4n) is 1.72. The van der Waals surface area contributed by atoms with E-state index in [9.17, 15) is 17.2 Å². The molecule has 0 radical (unpaired) electrons. The van der Waals surface area contributed by atoms with Crippen LogP contribution in [0, 0.1) is 5.92 Å². The minimum atomic E-state index is -4.11. The Morgan fingerprint density at radius 3 is 2.54 bits per heavy atom. The predicted molar refractivity (Wildman–Crippen MR) is 43.3 cm³/mol. The van der Waals surface area contributed by atoms with Gasteiger partial charge in [-0.15, -0.1) is 0 Å².